The summed E-state index contributed by atoms with van der Waals surface area (Å²) in [6.45, 7) is 12.1. The van der Waals surface area contributed by atoms with Crippen LogP contribution in [0.4, 0.5) is 0 Å². The zero-order valence-electron chi connectivity index (χ0n) is 27.7. The zero-order valence-corrected chi connectivity index (χ0v) is 27.7. The molecule has 3 aromatic rings. The van der Waals surface area contributed by atoms with Gasteiger partial charge in [-0.15, -0.1) is 0 Å². The van der Waals surface area contributed by atoms with Crippen molar-refractivity contribution in [1.82, 2.24) is 0 Å². The fraction of sp³-hybridized carbons (Fsp3) is 0.368. The van der Waals surface area contributed by atoms with E-state index in [9.17, 15) is 19.8 Å². The Morgan fingerprint density at radius 3 is 2.17 bits per heavy atom. The molecule has 0 spiro atoms. The molecule has 1 atom stereocenters. The number of benzene rings is 2. The average molecular weight is 631 g/mol. The first-order valence-electron chi connectivity index (χ1n) is 15.5. The molecule has 0 aliphatic heterocycles. The first-order chi connectivity index (χ1) is 21.8. The van der Waals surface area contributed by atoms with Crippen LogP contribution >= 0.6 is 0 Å². The van der Waals surface area contributed by atoms with Gasteiger partial charge < -0.3 is 28.8 Å². The van der Waals surface area contributed by atoms with Crippen molar-refractivity contribution in [2.45, 2.75) is 78.9 Å². The van der Waals surface area contributed by atoms with Gasteiger partial charge in [-0.25, -0.2) is 9.59 Å². The molecule has 1 unspecified atom stereocenters. The number of hydrogen-bond donors (Lipinski definition) is 2. The van der Waals surface area contributed by atoms with Crippen LogP contribution in [-0.4, -0.2) is 41.1 Å². The molecule has 1 aromatic heterocycles. The molecule has 0 bridgehead atoms. The lowest BCUT2D eigenvalue weighted by atomic mass is 9.95. The van der Waals surface area contributed by atoms with Crippen molar-refractivity contribution in [1.29, 1.82) is 0 Å². The van der Waals surface area contributed by atoms with Crippen molar-refractivity contribution >= 4 is 23.0 Å². The number of phenols is 1. The second-order valence-corrected chi connectivity index (χ2v) is 12.2. The van der Waals surface area contributed by atoms with Crippen molar-refractivity contribution in [3.8, 4) is 17.2 Å². The topological polar surface area (TPSA) is 115 Å². The third-order valence-corrected chi connectivity index (χ3v) is 7.30. The summed E-state index contributed by atoms with van der Waals surface area (Å²) >= 11 is 0. The van der Waals surface area contributed by atoms with E-state index in [1.165, 1.54) is 35.4 Å². The highest BCUT2D eigenvalue weighted by Gasteiger charge is 2.29. The summed E-state index contributed by atoms with van der Waals surface area (Å²) in [5.74, 6) is 0.435. The van der Waals surface area contributed by atoms with Gasteiger partial charge in [0.25, 0.3) is 0 Å². The Bertz CT molecular complexity index is 1650. The summed E-state index contributed by atoms with van der Waals surface area (Å²) in [6.07, 6.45) is 11.0. The number of esters is 1. The normalized spacial score (nSPS) is 13.1. The number of carbonyl (C=O) groups excluding carboxylic acids is 1. The Balaban J connectivity index is 1.49. The fourth-order valence-corrected chi connectivity index (χ4v) is 4.49. The van der Waals surface area contributed by atoms with Crippen molar-refractivity contribution in [2.24, 2.45) is 0 Å². The number of fused-ring (bicyclic) bond motifs is 1. The lowest BCUT2D eigenvalue weighted by molar-refractivity contribution is -0.156. The number of hydrogen-bond acceptors (Lipinski definition) is 8. The molecule has 0 radical (unpaired) electrons. The highest BCUT2D eigenvalue weighted by molar-refractivity contribution is 5.87. The maximum atomic E-state index is 12.7. The maximum absolute atomic E-state index is 12.7. The number of aromatic hydroxyl groups is 1. The molecular weight excluding hydrogens is 584 g/mol. The van der Waals surface area contributed by atoms with E-state index < -0.39 is 23.3 Å². The second-order valence-electron chi connectivity index (χ2n) is 12.2. The van der Waals surface area contributed by atoms with E-state index in [1.54, 1.807) is 44.2 Å². The molecule has 8 nitrogen and oxygen atoms in total. The van der Waals surface area contributed by atoms with Gasteiger partial charge in [0.2, 0.25) is 0 Å². The number of aliphatic hydroxyl groups is 1. The Labute approximate surface area is 271 Å². The smallest absolute Gasteiger partial charge is 0.336 e. The molecule has 2 N–H and O–H groups in total. The molecule has 0 saturated heterocycles. The van der Waals surface area contributed by atoms with Crippen LogP contribution in [0.2, 0.25) is 0 Å². The molecule has 0 saturated carbocycles. The highest BCUT2D eigenvalue weighted by atomic mass is 16.6. The minimum atomic E-state index is -1.27. The predicted octanol–water partition coefficient (Wildman–Crippen LogP) is 8.07. The van der Waals surface area contributed by atoms with Gasteiger partial charge in [-0.1, -0.05) is 22.8 Å². The monoisotopic (exact) mass is 630 g/mol. The van der Waals surface area contributed by atoms with Gasteiger partial charge in [-0.05, 0) is 116 Å². The van der Waals surface area contributed by atoms with Gasteiger partial charge in [0.1, 0.15) is 42.1 Å². The molecule has 46 heavy (non-hydrogen) atoms. The standard InChI is InChI=1S/C38H46O8/c1-26(2)8-7-9-27(3)20-22-43-31-15-11-29(33(39)24-31)13-18-37(41)46-35(38(5,6)42)17-10-28(4)21-23-44-32-16-12-30-14-19-36(40)45-34(30)25-32/h8,11-16,18-21,24-25,35,39,42H,7,9-10,17,22-23H2,1-6H3/b18-13+,27-20+,28-21+. The van der Waals surface area contributed by atoms with Gasteiger partial charge >= 0.3 is 11.6 Å². The number of allylic oxidation sites excluding steroid dienone is 4. The number of ether oxygens (including phenoxy) is 3. The molecule has 0 aliphatic rings. The van der Waals surface area contributed by atoms with Gasteiger partial charge in [0.05, 0.1) is 5.60 Å². The van der Waals surface area contributed by atoms with Crippen molar-refractivity contribution in [3.63, 3.8) is 0 Å². The van der Waals surface area contributed by atoms with Crippen molar-refractivity contribution in [3.05, 3.63) is 106 Å². The molecule has 2 aromatic carbocycles. The highest BCUT2D eigenvalue weighted by Crippen LogP contribution is 2.26. The SMILES string of the molecule is CC(C)=CCC/C(C)=C/COc1ccc(/C=C/C(=O)OC(CC/C(C)=C/COc2ccc3ccc(=O)oc3c2)C(C)(C)O)c(O)c1. The van der Waals surface area contributed by atoms with Gasteiger partial charge in [-0.2, -0.15) is 0 Å². The lowest BCUT2D eigenvalue weighted by Crippen LogP contribution is -2.39. The molecular formula is C38H46O8. The summed E-state index contributed by atoms with van der Waals surface area (Å²) in [5, 5.41) is 21.9. The number of phenolic OH excluding ortho intramolecular Hbond substituents is 1. The molecule has 0 fully saturated rings. The van der Waals surface area contributed by atoms with Crippen LogP contribution in [0, 0.1) is 0 Å². The van der Waals surface area contributed by atoms with Crippen molar-refractivity contribution in [2.75, 3.05) is 13.2 Å². The summed E-state index contributed by atoms with van der Waals surface area (Å²) < 4.78 is 22.3. The Morgan fingerprint density at radius 1 is 0.891 bits per heavy atom. The minimum Gasteiger partial charge on any atom is -0.507 e. The van der Waals surface area contributed by atoms with E-state index in [0.717, 1.165) is 23.8 Å². The van der Waals surface area contributed by atoms with E-state index in [0.29, 0.717) is 48.7 Å². The Morgan fingerprint density at radius 2 is 1.52 bits per heavy atom. The van der Waals surface area contributed by atoms with Crippen LogP contribution in [0.1, 0.15) is 72.8 Å². The lowest BCUT2D eigenvalue weighted by Gasteiger charge is -2.28. The maximum Gasteiger partial charge on any atom is 0.336 e. The molecule has 0 aliphatic carbocycles. The quantitative estimate of drug-likeness (QED) is 0.0707. The van der Waals surface area contributed by atoms with E-state index in [-0.39, 0.29) is 5.75 Å². The Hall–Kier alpha value is -4.56. The minimum absolute atomic E-state index is 0.0268. The molecule has 1 heterocycles. The van der Waals surface area contributed by atoms with Crippen LogP contribution in [0.25, 0.3) is 17.0 Å². The zero-order chi connectivity index (χ0) is 33.7. The molecule has 8 heteroatoms. The number of carbonyl (C=O) groups is 1. The van der Waals surface area contributed by atoms with E-state index in [2.05, 4.69) is 26.8 Å². The van der Waals surface area contributed by atoms with Crippen molar-refractivity contribution < 1.29 is 33.6 Å². The Kier molecular flexibility index (Phi) is 13.4. The third kappa shape index (κ3) is 12.4. The first-order valence-corrected chi connectivity index (χ1v) is 15.5. The van der Waals surface area contributed by atoms with Crippen LogP contribution in [0.15, 0.2) is 98.8 Å². The second kappa shape index (κ2) is 17.2. The molecule has 3 rings (SSSR count). The van der Waals surface area contributed by atoms with E-state index in [1.807, 2.05) is 25.1 Å². The van der Waals surface area contributed by atoms with Crippen LogP contribution < -0.4 is 15.1 Å². The summed E-state index contributed by atoms with van der Waals surface area (Å²) in [6, 6.07) is 13.3. The average Bonchev–Trinajstić information content (AvgIpc) is 2.98. The summed E-state index contributed by atoms with van der Waals surface area (Å²) in [7, 11) is 0. The fourth-order valence-electron chi connectivity index (χ4n) is 4.49. The molecule has 246 valence electrons. The first kappa shape index (κ1) is 35.9. The van der Waals surface area contributed by atoms with Gasteiger partial charge in [0, 0.05) is 35.2 Å². The van der Waals surface area contributed by atoms with Gasteiger partial charge in [0.15, 0.2) is 0 Å². The van der Waals surface area contributed by atoms with E-state index in [4.69, 9.17) is 18.6 Å². The molecule has 0 amide bonds. The summed E-state index contributed by atoms with van der Waals surface area (Å²) in [5.41, 5.74) is 2.74. The van der Waals surface area contributed by atoms with Crippen LogP contribution in [0.3, 0.4) is 0 Å². The third-order valence-electron chi connectivity index (χ3n) is 7.30. The van der Waals surface area contributed by atoms with Crippen LogP contribution in [-0.2, 0) is 9.53 Å². The van der Waals surface area contributed by atoms with Gasteiger partial charge in [-0.3, -0.25) is 0 Å². The van der Waals surface area contributed by atoms with Crippen LogP contribution in [0.5, 0.6) is 17.2 Å². The summed E-state index contributed by atoms with van der Waals surface area (Å²) in [4.78, 5) is 24.1. The van der Waals surface area contributed by atoms with E-state index >= 15 is 0 Å². The predicted molar refractivity (Wildman–Crippen MR) is 182 cm³/mol. The largest absolute Gasteiger partial charge is 0.507 e. The number of rotatable bonds is 16.